The number of β-amino-alcohol motifs (C(OH)–C–C–N with tert-alkyl or cyclic N) is 1. The molecule has 0 saturated carbocycles. The molecule has 2 aromatic carbocycles. The maximum Gasteiger partial charge on any atom is 0.247 e. The molecule has 196 valence electrons. The third-order valence-corrected chi connectivity index (χ3v) is 6.29. The molecule has 5 rings (SSSR count). The van der Waals surface area contributed by atoms with Gasteiger partial charge in [-0.25, -0.2) is 18.4 Å². The molecule has 0 aliphatic carbocycles. The monoisotopic (exact) mass is 520 g/mol. The molecule has 10 nitrogen and oxygen atoms in total. The van der Waals surface area contributed by atoms with Crippen LogP contribution >= 0.6 is 0 Å². The van der Waals surface area contributed by atoms with Crippen molar-refractivity contribution in [2.24, 2.45) is 0 Å². The summed E-state index contributed by atoms with van der Waals surface area (Å²) in [6.07, 6.45) is 4.30. The number of amides is 1. The number of nitrogens with one attached hydrogen (secondary N) is 2. The highest BCUT2D eigenvalue weighted by molar-refractivity contribution is 5.99. The van der Waals surface area contributed by atoms with Gasteiger partial charge in [-0.05, 0) is 36.4 Å². The Morgan fingerprint density at radius 2 is 1.92 bits per heavy atom. The minimum absolute atomic E-state index is 0.0678. The van der Waals surface area contributed by atoms with Crippen molar-refractivity contribution >= 4 is 40.0 Å². The molecule has 0 bridgehead atoms. The maximum atomic E-state index is 15.1. The smallest absolute Gasteiger partial charge is 0.247 e. The van der Waals surface area contributed by atoms with Gasteiger partial charge in [-0.15, -0.1) is 0 Å². The number of aromatic nitrogens is 4. The second kappa shape index (κ2) is 10.9. The number of hydrogen-bond acceptors (Lipinski definition) is 8. The molecule has 1 saturated heterocycles. The van der Waals surface area contributed by atoms with Crippen LogP contribution < -0.4 is 15.5 Å². The van der Waals surface area contributed by atoms with Gasteiger partial charge in [0.05, 0.1) is 35.3 Å². The Kier molecular flexibility index (Phi) is 7.24. The van der Waals surface area contributed by atoms with Crippen molar-refractivity contribution in [3.05, 3.63) is 73.1 Å². The molecular formula is C26H26F2N8O2. The van der Waals surface area contributed by atoms with Gasteiger partial charge in [0.2, 0.25) is 11.9 Å². The number of benzene rings is 2. The lowest BCUT2D eigenvalue weighted by Gasteiger charge is -2.36. The van der Waals surface area contributed by atoms with E-state index >= 15 is 8.78 Å². The van der Waals surface area contributed by atoms with Crippen LogP contribution in [0.4, 0.5) is 31.8 Å². The Morgan fingerprint density at radius 1 is 1.11 bits per heavy atom. The van der Waals surface area contributed by atoms with Gasteiger partial charge in [-0.2, -0.15) is 10.1 Å². The van der Waals surface area contributed by atoms with Crippen LogP contribution in [0.1, 0.15) is 0 Å². The summed E-state index contributed by atoms with van der Waals surface area (Å²) < 4.78 is 31.6. The topological polar surface area (TPSA) is 111 Å². The highest BCUT2D eigenvalue weighted by Gasteiger charge is 2.23. The van der Waals surface area contributed by atoms with Crippen LogP contribution in [0.2, 0.25) is 0 Å². The summed E-state index contributed by atoms with van der Waals surface area (Å²) in [5.74, 6) is -2.25. The second-order valence-electron chi connectivity index (χ2n) is 8.71. The van der Waals surface area contributed by atoms with Gasteiger partial charge >= 0.3 is 0 Å². The van der Waals surface area contributed by atoms with Crippen LogP contribution in [0.3, 0.4) is 0 Å². The van der Waals surface area contributed by atoms with Crippen molar-refractivity contribution in [1.29, 1.82) is 0 Å². The average Bonchev–Trinajstić information content (AvgIpc) is 3.36. The van der Waals surface area contributed by atoms with Gasteiger partial charge in [-0.1, -0.05) is 12.6 Å². The molecule has 0 unspecified atom stereocenters. The van der Waals surface area contributed by atoms with Crippen LogP contribution in [-0.2, 0) is 4.79 Å². The lowest BCUT2D eigenvalue weighted by atomic mass is 10.2. The van der Waals surface area contributed by atoms with Crippen LogP contribution in [-0.4, -0.2) is 75.0 Å². The van der Waals surface area contributed by atoms with Crippen molar-refractivity contribution in [2.75, 3.05) is 54.9 Å². The zero-order valence-electron chi connectivity index (χ0n) is 20.4. The number of piperazine rings is 1. The van der Waals surface area contributed by atoms with Crippen LogP contribution in [0.15, 0.2) is 61.4 Å². The summed E-state index contributed by atoms with van der Waals surface area (Å²) in [4.78, 5) is 24.2. The van der Waals surface area contributed by atoms with E-state index in [1.807, 2.05) is 0 Å². The molecule has 12 heteroatoms. The standard InChI is InChI=1S/C26H26F2N8O2/c1-2-22(38)31-18-4-3-5-19(14-18)36-25-17(16-30-36)15-29-26(33-25)32-20-6-7-21(24(28)23(20)27)35-10-8-34(9-11-35)12-13-37/h2-7,14-16,37H,1,8-13H2,(H,31,38)(H,29,32,33). The average molecular weight is 521 g/mol. The van der Waals surface area contributed by atoms with E-state index in [1.165, 1.54) is 24.4 Å². The van der Waals surface area contributed by atoms with Crippen LogP contribution in [0, 0.1) is 11.6 Å². The molecule has 2 aromatic heterocycles. The van der Waals surface area contributed by atoms with E-state index in [1.54, 1.807) is 40.0 Å². The number of hydrogen-bond donors (Lipinski definition) is 3. The largest absolute Gasteiger partial charge is 0.395 e. The Labute approximate surface area is 217 Å². The number of anilines is 4. The summed E-state index contributed by atoms with van der Waals surface area (Å²) in [6.45, 7) is 6.46. The summed E-state index contributed by atoms with van der Waals surface area (Å²) in [6, 6.07) is 10.0. The van der Waals surface area contributed by atoms with Gasteiger partial charge < -0.3 is 20.6 Å². The Bertz CT molecular complexity index is 1480. The Balaban J connectivity index is 1.37. The number of nitrogens with zero attached hydrogens (tertiary/aromatic N) is 6. The number of fused-ring (bicyclic) bond motifs is 1. The first-order valence-corrected chi connectivity index (χ1v) is 12.0. The summed E-state index contributed by atoms with van der Waals surface area (Å²) in [7, 11) is 0. The van der Waals surface area contributed by atoms with Crippen LogP contribution in [0.25, 0.3) is 16.7 Å². The van der Waals surface area contributed by atoms with E-state index in [2.05, 4.69) is 37.2 Å². The number of carbonyl (C=O) groups excluding carboxylic acids is 1. The first-order chi connectivity index (χ1) is 18.5. The lowest BCUT2D eigenvalue weighted by molar-refractivity contribution is -0.111. The number of halogens is 2. The fraction of sp³-hybridized carbons (Fsp3) is 0.231. The zero-order valence-corrected chi connectivity index (χ0v) is 20.4. The van der Waals surface area contributed by atoms with Gasteiger partial charge in [0.25, 0.3) is 0 Å². The number of rotatable bonds is 8. The molecule has 38 heavy (non-hydrogen) atoms. The molecule has 1 aliphatic heterocycles. The first-order valence-electron chi connectivity index (χ1n) is 12.0. The fourth-order valence-corrected chi connectivity index (χ4v) is 4.33. The van der Waals surface area contributed by atoms with Crippen molar-refractivity contribution in [3.8, 4) is 5.69 Å². The minimum atomic E-state index is -1.02. The molecular weight excluding hydrogens is 494 g/mol. The molecule has 0 spiro atoms. The van der Waals surface area contributed by atoms with Crippen LogP contribution in [0.5, 0.6) is 0 Å². The molecule has 3 heterocycles. The third-order valence-electron chi connectivity index (χ3n) is 6.29. The molecule has 1 aliphatic rings. The van der Waals surface area contributed by atoms with E-state index in [-0.39, 0.29) is 29.8 Å². The van der Waals surface area contributed by atoms with E-state index < -0.39 is 11.6 Å². The summed E-state index contributed by atoms with van der Waals surface area (Å²) >= 11 is 0. The normalized spacial score (nSPS) is 14.0. The highest BCUT2D eigenvalue weighted by atomic mass is 19.2. The van der Waals surface area contributed by atoms with Gasteiger partial charge in [0.15, 0.2) is 17.3 Å². The molecule has 1 amide bonds. The maximum absolute atomic E-state index is 15.1. The van der Waals surface area contributed by atoms with Crippen molar-refractivity contribution in [3.63, 3.8) is 0 Å². The van der Waals surface area contributed by atoms with Gasteiger partial charge in [0, 0.05) is 44.6 Å². The highest BCUT2D eigenvalue weighted by Crippen LogP contribution is 2.29. The molecule has 1 fully saturated rings. The van der Waals surface area contributed by atoms with Gasteiger partial charge in [0.1, 0.15) is 0 Å². The molecule has 3 N–H and O–H groups in total. The van der Waals surface area contributed by atoms with Crippen molar-refractivity contribution in [2.45, 2.75) is 0 Å². The van der Waals surface area contributed by atoms with E-state index in [0.717, 1.165) is 0 Å². The Morgan fingerprint density at radius 3 is 2.68 bits per heavy atom. The van der Waals surface area contributed by atoms with Crippen molar-refractivity contribution in [1.82, 2.24) is 24.6 Å². The zero-order chi connectivity index (χ0) is 26.6. The van der Waals surface area contributed by atoms with Gasteiger partial charge in [-0.3, -0.25) is 9.69 Å². The fourth-order valence-electron chi connectivity index (χ4n) is 4.33. The first kappa shape index (κ1) is 25.2. The molecule has 4 aromatic rings. The lowest BCUT2D eigenvalue weighted by Crippen LogP contribution is -2.47. The second-order valence-corrected chi connectivity index (χ2v) is 8.71. The number of aliphatic hydroxyl groups is 1. The quantitative estimate of drug-likeness (QED) is 0.304. The molecule has 0 radical (unpaired) electrons. The summed E-state index contributed by atoms with van der Waals surface area (Å²) in [5, 5.41) is 19.6. The van der Waals surface area contributed by atoms with E-state index in [9.17, 15) is 4.79 Å². The third kappa shape index (κ3) is 5.17. The molecule has 0 atom stereocenters. The Hall–Kier alpha value is -4.42. The number of aliphatic hydroxyl groups excluding tert-OH is 1. The number of carbonyl (C=O) groups is 1. The van der Waals surface area contributed by atoms with E-state index in [0.29, 0.717) is 55.1 Å². The van der Waals surface area contributed by atoms with Crippen molar-refractivity contribution < 1.29 is 18.7 Å². The predicted octanol–water partition coefficient (Wildman–Crippen LogP) is 3.08. The minimum Gasteiger partial charge on any atom is -0.395 e. The van der Waals surface area contributed by atoms with E-state index in [4.69, 9.17) is 5.11 Å². The predicted molar refractivity (Wildman–Crippen MR) is 141 cm³/mol. The SMILES string of the molecule is C=CC(=O)Nc1cccc(-n2ncc3cnc(Nc4ccc(N5CCN(CCO)CC5)c(F)c4F)nc32)c1. The summed E-state index contributed by atoms with van der Waals surface area (Å²) in [5.41, 5.74) is 1.72.